The number of ether oxygens (including phenoxy) is 1. The van der Waals surface area contributed by atoms with Crippen molar-refractivity contribution in [3.63, 3.8) is 0 Å². The Morgan fingerprint density at radius 3 is 2.31 bits per heavy atom. The highest BCUT2D eigenvalue weighted by Gasteiger charge is 2.55. The minimum Gasteiger partial charge on any atom is -0.478 e. The molecule has 6 nitrogen and oxygen atoms in total. The van der Waals surface area contributed by atoms with Gasteiger partial charge in [-0.3, -0.25) is 4.57 Å². The highest BCUT2D eigenvalue weighted by molar-refractivity contribution is 9.10. The van der Waals surface area contributed by atoms with Crippen molar-refractivity contribution < 1.29 is 32.2 Å². The first-order chi connectivity index (χ1) is 13.4. The summed E-state index contributed by atoms with van der Waals surface area (Å²) in [6.07, 6.45) is 1.87. The Bertz CT molecular complexity index is 894. The first kappa shape index (κ1) is 24.2. The molecule has 0 aliphatic rings. The molecule has 1 aromatic heterocycles. The van der Waals surface area contributed by atoms with E-state index in [1.54, 1.807) is 13.8 Å². The maximum atomic E-state index is 15.2. The molecule has 10 heteroatoms. The van der Waals surface area contributed by atoms with Gasteiger partial charge in [-0.2, -0.15) is 8.78 Å². The van der Waals surface area contributed by atoms with Crippen molar-refractivity contribution in [1.82, 2.24) is 4.98 Å². The van der Waals surface area contributed by atoms with E-state index in [-0.39, 0.29) is 30.2 Å². The van der Waals surface area contributed by atoms with E-state index in [4.69, 9.17) is 13.8 Å². The molecule has 0 spiro atoms. The number of benzene rings is 1. The number of nitrogens with zero attached hydrogens (tertiary/aromatic N) is 1. The van der Waals surface area contributed by atoms with Crippen LogP contribution in [0.2, 0.25) is 0 Å². The summed E-state index contributed by atoms with van der Waals surface area (Å²) in [6.45, 7) is 6.12. The summed E-state index contributed by atoms with van der Waals surface area (Å²) in [6, 6.07) is 4.20. The lowest BCUT2D eigenvalue weighted by Crippen LogP contribution is -2.22. The Morgan fingerprint density at radius 1 is 1.14 bits per heavy atom. The SMILES string of the molecule is CCOP(=O)(OCC)C(F)(F)c1cc2cc(OCCC(C)(C)O)ncc2cc1Br. The van der Waals surface area contributed by atoms with Gasteiger partial charge in [-0.25, -0.2) is 4.98 Å². The molecule has 29 heavy (non-hydrogen) atoms. The number of fused-ring (bicyclic) bond motifs is 1. The fraction of sp³-hybridized carbons (Fsp3) is 0.526. The van der Waals surface area contributed by atoms with Crippen LogP contribution in [0, 0.1) is 0 Å². The van der Waals surface area contributed by atoms with Crippen molar-refractivity contribution in [3.05, 3.63) is 34.4 Å². The number of halogens is 3. The second kappa shape index (κ2) is 9.35. The van der Waals surface area contributed by atoms with Gasteiger partial charge in [-0.1, -0.05) is 15.9 Å². The van der Waals surface area contributed by atoms with Crippen molar-refractivity contribution in [3.8, 4) is 5.88 Å². The van der Waals surface area contributed by atoms with Gasteiger partial charge in [0.25, 0.3) is 0 Å². The number of pyridine rings is 1. The Kier molecular flexibility index (Phi) is 7.79. The number of hydrogen-bond donors (Lipinski definition) is 1. The number of aromatic nitrogens is 1. The van der Waals surface area contributed by atoms with Gasteiger partial charge in [0, 0.05) is 34.1 Å². The molecule has 0 bridgehead atoms. The van der Waals surface area contributed by atoms with Crippen LogP contribution in [0.4, 0.5) is 8.78 Å². The van der Waals surface area contributed by atoms with Gasteiger partial charge in [0.2, 0.25) is 5.88 Å². The molecule has 0 saturated heterocycles. The van der Waals surface area contributed by atoms with Gasteiger partial charge >= 0.3 is 13.3 Å². The van der Waals surface area contributed by atoms with Gasteiger partial charge in [-0.15, -0.1) is 0 Å². The summed E-state index contributed by atoms with van der Waals surface area (Å²) in [7, 11) is -4.74. The number of hydrogen-bond acceptors (Lipinski definition) is 6. The minimum absolute atomic E-state index is 0.0622. The fourth-order valence-corrected chi connectivity index (χ4v) is 4.87. The highest BCUT2D eigenvalue weighted by Crippen LogP contribution is 2.67. The molecule has 0 saturated carbocycles. The Labute approximate surface area is 177 Å². The van der Waals surface area contributed by atoms with Gasteiger partial charge < -0.3 is 18.9 Å². The Hall–Kier alpha value is -1.12. The standard InChI is InChI=1S/C19H25BrF2NO5P/c1-5-27-29(25,28-6-2)19(21,22)15-9-13-11-17(26-8-7-18(3,4)24)23-12-14(13)10-16(15)20/h9-12,24H,5-8H2,1-4H3. The van der Waals surface area contributed by atoms with Crippen LogP contribution in [-0.2, 0) is 19.3 Å². The van der Waals surface area contributed by atoms with Crippen molar-refractivity contribution >= 4 is 34.3 Å². The topological polar surface area (TPSA) is 77.9 Å². The van der Waals surface area contributed by atoms with E-state index in [2.05, 4.69) is 20.9 Å². The molecule has 162 valence electrons. The lowest BCUT2D eigenvalue weighted by atomic mass is 10.1. The molecule has 2 aromatic rings. The third-order valence-corrected chi connectivity index (χ3v) is 6.79. The predicted octanol–water partition coefficient (Wildman–Crippen LogP) is 5.85. The molecular formula is C19H25BrF2NO5P. The molecule has 0 radical (unpaired) electrons. The second-order valence-corrected chi connectivity index (χ2v) is 9.91. The predicted molar refractivity (Wildman–Crippen MR) is 111 cm³/mol. The minimum atomic E-state index is -4.74. The maximum Gasteiger partial charge on any atom is 0.404 e. The number of alkyl halides is 2. The van der Waals surface area contributed by atoms with Crippen LogP contribution in [0.3, 0.4) is 0 Å². The van der Waals surface area contributed by atoms with E-state index >= 15 is 8.78 Å². The Morgan fingerprint density at radius 2 is 1.76 bits per heavy atom. The molecule has 0 unspecified atom stereocenters. The molecule has 2 rings (SSSR count). The zero-order valence-electron chi connectivity index (χ0n) is 16.7. The highest BCUT2D eigenvalue weighted by atomic mass is 79.9. The first-order valence-electron chi connectivity index (χ1n) is 9.15. The van der Waals surface area contributed by atoms with Crippen LogP contribution in [-0.4, -0.2) is 35.5 Å². The van der Waals surface area contributed by atoms with E-state index in [0.29, 0.717) is 17.2 Å². The van der Waals surface area contributed by atoms with Crippen LogP contribution < -0.4 is 4.74 Å². The largest absolute Gasteiger partial charge is 0.478 e. The van der Waals surface area contributed by atoms with Crippen LogP contribution in [0.25, 0.3) is 10.8 Å². The first-order valence-corrected chi connectivity index (χ1v) is 11.5. The summed E-state index contributed by atoms with van der Waals surface area (Å²) < 4.78 is 58.4. The third-order valence-electron chi connectivity index (χ3n) is 4.01. The quantitative estimate of drug-likeness (QED) is 0.416. The van der Waals surface area contributed by atoms with Crippen LogP contribution in [0.1, 0.15) is 39.7 Å². The molecule has 0 aliphatic heterocycles. The summed E-state index contributed by atoms with van der Waals surface area (Å²) in [5.41, 5.74) is -5.27. The zero-order valence-corrected chi connectivity index (χ0v) is 19.2. The summed E-state index contributed by atoms with van der Waals surface area (Å²) in [4.78, 5) is 4.15. The number of aliphatic hydroxyl groups is 1. The third kappa shape index (κ3) is 5.73. The summed E-state index contributed by atoms with van der Waals surface area (Å²) >= 11 is 3.13. The molecule has 1 heterocycles. The lowest BCUT2D eigenvalue weighted by Gasteiger charge is -2.27. The van der Waals surface area contributed by atoms with Crippen molar-refractivity contribution in [1.29, 1.82) is 0 Å². The van der Waals surface area contributed by atoms with Crippen molar-refractivity contribution in [2.24, 2.45) is 0 Å². The normalized spacial score (nSPS) is 13.1. The maximum absolute atomic E-state index is 15.2. The average Bonchev–Trinajstić information content (AvgIpc) is 2.60. The van der Waals surface area contributed by atoms with Crippen LogP contribution >= 0.6 is 23.5 Å². The van der Waals surface area contributed by atoms with Crippen molar-refractivity contribution in [2.45, 2.75) is 45.4 Å². The summed E-state index contributed by atoms with van der Waals surface area (Å²) in [5.74, 6) is 0.233. The zero-order chi connectivity index (χ0) is 21.9. The van der Waals surface area contributed by atoms with Crippen LogP contribution in [0.15, 0.2) is 28.9 Å². The van der Waals surface area contributed by atoms with Crippen LogP contribution in [0.5, 0.6) is 5.88 Å². The molecule has 0 fully saturated rings. The van der Waals surface area contributed by atoms with E-state index < -0.39 is 24.4 Å². The van der Waals surface area contributed by atoms with Gasteiger partial charge in [0.15, 0.2) is 0 Å². The van der Waals surface area contributed by atoms with Crippen molar-refractivity contribution in [2.75, 3.05) is 19.8 Å². The molecule has 0 atom stereocenters. The average molecular weight is 496 g/mol. The molecule has 1 aromatic carbocycles. The smallest absolute Gasteiger partial charge is 0.404 e. The monoisotopic (exact) mass is 495 g/mol. The second-order valence-electron chi connectivity index (χ2n) is 6.99. The van der Waals surface area contributed by atoms with Gasteiger partial charge in [0.05, 0.1) is 25.4 Å². The lowest BCUT2D eigenvalue weighted by molar-refractivity contribution is 0.0355. The molecule has 0 amide bonds. The van der Waals surface area contributed by atoms with E-state index in [0.717, 1.165) is 0 Å². The molecule has 0 aliphatic carbocycles. The molecule has 1 N–H and O–H groups in total. The Balaban J connectivity index is 2.43. The number of rotatable bonds is 10. The van der Waals surface area contributed by atoms with E-state index in [1.807, 2.05) is 0 Å². The van der Waals surface area contributed by atoms with E-state index in [1.165, 1.54) is 38.2 Å². The molecular weight excluding hydrogens is 471 g/mol. The van der Waals surface area contributed by atoms with Gasteiger partial charge in [-0.05, 0) is 45.2 Å². The van der Waals surface area contributed by atoms with Gasteiger partial charge in [0.1, 0.15) is 0 Å². The summed E-state index contributed by atoms with van der Waals surface area (Å²) in [5, 5.41) is 10.8. The van der Waals surface area contributed by atoms with E-state index in [9.17, 15) is 9.67 Å². The fourth-order valence-electron chi connectivity index (χ4n) is 2.55.